The number of carbonyl (C=O) groups excluding carboxylic acids is 2. The summed E-state index contributed by atoms with van der Waals surface area (Å²) in [6.07, 6.45) is 0.833. The van der Waals surface area contributed by atoms with Gasteiger partial charge in [0.15, 0.2) is 0 Å². The first-order valence-corrected chi connectivity index (χ1v) is 6.62. The summed E-state index contributed by atoms with van der Waals surface area (Å²) in [4.78, 5) is 24.7. The Balaban J connectivity index is 2.44. The molecule has 0 aromatic heterocycles. The van der Waals surface area contributed by atoms with Gasteiger partial charge in [0.05, 0.1) is 18.8 Å². The summed E-state index contributed by atoms with van der Waals surface area (Å²) >= 11 is 0. The summed E-state index contributed by atoms with van der Waals surface area (Å²) in [6, 6.07) is 2.90. The molecule has 0 heterocycles. The van der Waals surface area contributed by atoms with Gasteiger partial charge in [-0.3, -0.25) is 14.5 Å². The molecule has 0 saturated heterocycles. The van der Waals surface area contributed by atoms with E-state index in [9.17, 15) is 18.4 Å². The Morgan fingerprint density at radius 3 is 2.48 bits per heavy atom. The average Bonchev–Trinajstić information content (AvgIpc) is 2.39. The van der Waals surface area contributed by atoms with Gasteiger partial charge in [0.25, 0.3) is 0 Å². The zero-order chi connectivity index (χ0) is 15.8. The molecule has 1 rings (SSSR count). The van der Waals surface area contributed by atoms with Crippen LogP contribution in [0.5, 0.6) is 0 Å². The highest BCUT2D eigenvalue weighted by molar-refractivity contribution is 5.92. The van der Waals surface area contributed by atoms with Crippen LogP contribution in [0.15, 0.2) is 18.2 Å². The lowest BCUT2D eigenvalue weighted by Gasteiger charge is -2.16. The number of rotatable bonds is 7. The van der Waals surface area contributed by atoms with Crippen LogP contribution in [0.1, 0.15) is 13.3 Å². The van der Waals surface area contributed by atoms with E-state index in [1.165, 1.54) is 4.90 Å². The van der Waals surface area contributed by atoms with Gasteiger partial charge in [0.2, 0.25) is 11.8 Å². The number of nitrogens with one attached hydrogen (secondary N) is 2. The molecule has 0 fully saturated rings. The third kappa shape index (κ3) is 6.31. The topological polar surface area (TPSA) is 61.4 Å². The third-order valence-electron chi connectivity index (χ3n) is 2.60. The minimum Gasteiger partial charge on any atom is -0.355 e. The van der Waals surface area contributed by atoms with Gasteiger partial charge in [-0.1, -0.05) is 6.92 Å². The number of anilines is 1. The van der Waals surface area contributed by atoms with E-state index >= 15 is 0 Å². The van der Waals surface area contributed by atoms with E-state index in [1.54, 1.807) is 7.05 Å². The molecule has 0 atom stereocenters. The first-order valence-electron chi connectivity index (χ1n) is 6.62. The molecule has 1 aromatic rings. The third-order valence-corrected chi connectivity index (χ3v) is 2.60. The predicted octanol–water partition coefficient (Wildman–Crippen LogP) is 1.36. The van der Waals surface area contributed by atoms with E-state index < -0.39 is 17.5 Å². The van der Waals surface area contributed by atoms with Gasteiger partial charge >= 0.3 is 0 Å². The van der Waals surface area contributed by atoms with Crippen molar-refractivity contribution in [3.63, 3.8) is 0 Å². The summed E-state index contributed by atoms with van der Waals surface area (Å²) in [5, 5.41) is 5.02. The minimum absolute atomic E-state index is 0.0688. The molecular weight excluding hydrogens is 280 g/mol. The van der Waals surface area contributed by atoms with Gasteiger partial charge in [-0.15, -0.1) is 0 Å². The fourth-order valence-corrected chi connectivity index (χ4v) is 1.65. The van der Waals surface area contributed by atoms with Crippen LogP contribution in [0.4, 0.5) is 14.5 Å². The quantitative estimate of drug-likeness (QED) is 0.799. The number of hydrogen-bond donors (Lipinski definition) is 2. The Labute approximate surface area is 122 Å². The second kappa shape index (κ2) is 8.31. The molecular formula is C14H19F2N3O2. The fraction of sp³-hybridized carbons (Fsp3) is 0.429. The van der Waals surface area contributed by atoms with Crippen LogP contribution in [0.3, 0.4) is 0 Å². The highest BCUT2D eigenvalue weighted by atomic mass is 19.1. The van der Waals surface area contributed by atoms with Crippen molar-refractivity contribution in [1.82, 2.24) is 10.2 Å². The largest absolute Gasteiger partial charge is 0.355 e. The van der Waals surface area contributed by atoms with Gasteiger partial charge in [-0.05, 0) is 25.6 Å². The van der Waals surface area contributed by atoms with Crippen molar-refractivity contribution in [3.05, 3.63) is 29.8 Å². The van der Waals surface area contributed by atoms with Gasteiger partial charge in [-0.25, -0.2) is 8.78 Å². The van der Waals surface area contributed by atoms with Crippen LogP contribution in [0, 0.1) is 11.6 Å². The summed E-state index contributed by atoms with van der Waals surface area (Å²) in [6.45, 7) is 2.52. The SMILES string of the molecule is CCCNC(=O)CN(C)CC(=O)Nc1ccc(F)cc1F. The van der Waals surface area contributed by atoms with Gasteiger partial charge < -0.3 is 10.6 Å². The second-order valence-corrected chi connectivity index (χ2v) is 4.69. The Hall–Kier alpha value is -2.02. The average molecular weight is 299 g/mol. The van der Waals surface area contributed by atoms with Gasteiger partial charge in [0, 0.05) is 12.6 Å². The minimum atomic E-state index is -0.841. The van der Waals surface area contributed by atoms with Crippen molar-refractivity contribution in [2.75, 3.05) is 32.0 Å². The summed E-state index contributed by atoms with van der Waals surface area (Å²) < 4.78 is 26.1. The maximum Gasteiger partial charge on any atom is 0.238 e. The van der Waals surface area contributed by atoms with E-state index in [2.05, 4.69) is 10.6 Å². The predicted molar refractivity (Wildman–Crippen MR) is 75.8 cm³/mol. The molecule has 2 N–H and O–H groups in total. The Bertz CT molecular complexity index is 509. The first kappa shape index (κ1) is 17.0. The number of hydrogen-bond acceptors (Lipinski definition) is 3. The Morgan fingerprint density at radius 1 is 1.19 bits per heavy atom. The van der Waals surface area contributed by atoms with Crippen LogP contribution in [-0.4, -0.2) is 43.4 Å². The highest BCUT2D eigenvalue weighted by Gasteiger charge is 2.12. The molecule has 0 aliphatic heterocycles. The lowest BCUT2D eigenvalue weighted by molar-refractivity contribution is -0.122. The van der Waals surface area contributed by atoms with Crippen molar-refractivity contribution in [1.29, 1.82) is 0 Å². The van der Waals surface area contributed by atoms with E-state index in [4.69, 9.17) is 0 Å². The fourth-order valence-electron chi connectivity index (χ4n) is 1.65. The maximum atomic E-state index is 13.4. The van der Waals surface area contributed by atoms with Crippen LogP contribution >= 0.6 is 0 Å². The Kier molecular flexibility index (Phi) is 6.74. The van der Waals surface area contributed by atoms with Crippen molar-refractivity contribution in [2.24, 2.45) is 0 Å². The van der Waals surface area contributed by atoms with Crippen molar-refractivity contribution < 1.29 is 18.4 Å². The van der Waals surface area contributed by atoms with Crippen molar-refractivity contribution in [2.45, 2.75) is 13.3 Å². The van der Waals surface area contributed by atoms with Crippen LogP contribution < -0.4 is 10.6 Å². The van der Waals surface area contributed by atoms with Gasteiger partial charge in [-0.2, -0.15) is 0 Å². The smallest absolute Gasteiger partial charge is 0.238 e. The maximum absolute atomic E-state index is 13.4. The zero-order valence-electron chi connectivity index (χ0n) is 12.1. The second-order valence-electron chi connectivity index (χ2n) is 4.69. The molecule has 21 heavy (non-hydrogen) atoms. The summed E-state index contributed by atoms with van der Waals surface area (Å²) in [7, 11) is 1.60. The van der Waals surface area contributed by atoms with Crippen molar-refractivity contribution >= 4 is 17.5 Å². The molecule has 0 radical (unpaired) electrons. The molecule has 5 nitrogen and oxygen atoms in total. The molecule has 1 aromatic carbocycles. The number of benzene rings is 1. The van der Waals surface area contributed by atoms with Gasteiger partial charge in [0.1, 0.15) is 11.6 Å². The molecule has 0 spiro atoms. The summed E-state index contributed by atoms with van der Waals surface area (Å²) in [5.74, 6) is -2.21. The number of amides is 2. The molecule has 2 amide bonds. The molecule has 0 unspecified atom stereocenters. The zero-order valence-corrected chi connectivity index (χ0v) is 12.1. The number of nitrogens with zero attached hydrogens (tertiary/aromatic N) is 1. The molecule has 7 heteroatoms. The molecule has 0 aliphatic rings. The molecule has 0 aliphatic carbocycles. The molecule has 0 saturated carbocycles. The monoisotopic (exact) mass is 299 g/mol. The molecule has 116 valence electrons. The standard InChI is InChI=1S/C14H19F2N3O2/c1-3-6-17-13(20)8-19(2)9-14(21)18-12-5-4-10(15)7-11(12)16/h4-5,7H,3,6,8-9H2,1-2H3,(H,17,20)(H,18,21). The van der Waals surface area contributed by atoms with E-state index in [1.807, 2.05) is 6.92 Å². The van der Waals surface area contributed by atoms with Crippen molar-refractivity contribution in [3.8, 4) is 0 Å². The van der Waals surface area contributed by atoms with E-state index in [0.29, 0.717) is 12.6 Å². The number of likely N-dealkylation sites (N-methyl/N-ethyl adjacent to an activating group) is 1. The number of halogens is 2. The first-order chi connectivity index (χ1) is 9.92. The van der Waals surface area contributed by atoms with E-state index in [0.717, 1.165) is 18.6 Å². The van der Waals surface area contributed by atoms with Crippen LogP contribution in [0.2, 0.25) is 0 Å². The molecule has 0 bridgehead atoms. The Morgan fingerprint density at radius 2 is 1.86 bits per heavy atom. The lowest BCUT2D eigenvalue weighted by atomic mass is 10.3. The lowest BCUT2D eigenvalue weighted by Crippen LogP contribution is -2.39. The number of carbonyl (C=O) groups is 2. The van der Waals surface area contributed by atoms with E-state index in [-0.39, 0.29) is 24.7 Å². The van der Waals surface area contributed by atoms with Crippen LogP contribution in [0.25, 0.3) is 0 Å². The summed E-state index contributed by atoms with van der Waals surface area (Å²) in [5.41, 5.74) is -0.0924. The highest BCUT2D eigenvalue weighted by Crippen LogP contribution is 2.14. The van der Waals surface area contributed by atoms with Crippen LogP contribution in [-0.2, 0) is 9.59 Å². The normalized spacial score (nSPS) is 10.5.